The molecule has 1 heterocycles. The zero-order valence-electron chi connectivity index (χ0n) is 14.2. The van der Waals surface area contributed by atoms with Gasteiger partial charge in [-0.15, -0.1) is 0 Å². The maximum Gasteiger partial charge on any atom is 0.251 e. The Hall–Kier alpha value is -3.06. The maximum absolute atomic E-state index is 12.3. The molecule has 0 saturated carbocycles. The Kier molecular flexibility index (Phi) is 5.38. The van der Waals surface area contributed by atoms with E-state index in [2.05, 4.69) is 15.5 Å². The summed E-state index contributed by atoms with van der Waals surface area (Å²) >= 11 is 5.96. The van der Waals surface area contributed by atoms with E-state index in [1.165, 1.54) is 14.2 Å². The summed E-state index contributed by atoms with van der Waals surface area (Å²) in [6, 6.07) is 12.0. The number of carbonyl (C=O) groups is 1. The van der Waals surface area contributed by atoms with Crippen molar-refractivity contribution in [3.8, 4) is 22.9 Å². The van der Waals surface area contributed by atoms with Gasteiger partial charge in [-0.25, -0.2) is 0 Å². The molecule has 7 nitrogen and oxygen atoms in total. The molecule has 0 bridgehead atoms. The fourth-order valence-corrected chi connectivity index (χ4v) is 2.50. The van der Waals surface area contributed by atoms with Crippen LogP contribution in [0, 0.1) is 0 Å². The lowest BCUT2D eigenvalue weighted by Gasteiger charge is -2.09. The number of rotatable bonds is 6. The van der Waals surface area contributed by atoms with E-state index in [-0.39, 0.29) is 18.3 Å². The predicted molar refractivity (Wildman–Crippen MR) is 95.5 cm³/mol. The number of methoxy groups -OCH3 is 2. The number of aromatic nitrogens is 2. The number of benzene rings is 2. The SMILES string of the molecule is COc1ccc(C(=O)NCc2nc(-c3cccc(Cl)c3)no2)cc1OC. The van der Waals surface area contributed by atoms with Crippen LogP contribution >= 0.6 is 11.6 Å². The third-order valence-electron chi connectivity index (χ3n) is 3.60. The first-order valence-electron chi connectivity index (χ1n) is 7.69. The number of nitrogens with one attached hydrogen (secondary N) is 1. The standard InChI is InChI=1S/C18H16ClN3O4/c1-24-14-7-6-12(9-15(14)25-2)18(23)20-10-16-21-17(22-26-16)11-4-3-5-13(19)8-11/h3-9H,10H2,1-2H3,(H,20,23). The Morgan fingerprint density at radius 3 is 2.69 bits per heavy atom. The van der Waals surface area contributed by atoms with Crippen LogP contribution in [0.3, 0.4) is 0 Å². The number of hydrogen-bond acceptors (Lipinski definition) is 6. The van der Waals surface area contributed by atoms with E-state index in [0.29, 0.717) is 27.9 Å². The van der Waals surface area contributed by atoms with Crippen LogP contribution < -0.4 is 14.8 Å². The largest absolute Gasteiger partial charge is 0.493 e. The van der Waals surface area contributed by atoms with Crippen molar-refractivity contribution in [3.05, 3.63) is 58.9 Å². The van der Waals surface area contributed by atoms with E-state index in [1.54, 1.807) is 36.4 Å². The molecule has 0 aliphatic carbocycles. The molecule has 0 saturated heterocycles. The van der Waals surface area contributed by atoms with E-state index in [9.17, 15) is 4.79 Å². The third-order valence-corrected chi connectivity index (χ3v) is 3.83. The van der Waals surface area contributed by atoms with E-state index in [0.717, 1.165) is 5.56 Å². The van der Waals surface area contributed by atoms with Crippen molar-refractivity contribution in [3.63, 3.8) is 0 Å². The Bertz CT molecular complexity index is 926. The van der Waals surface area contributed by atoms with Crippen LogP contribution in [0.4, 0.5) is 0 Å². The first-order chi connectivity index (χ1) is 12.6. The van der Waals surface area contributed by atoms with Crippen LogP contribution in [0.25, 0.3) is 11.4 Å². The quantitative estimate of drug-likeness (QED) is 0.713. The molecule has 1 N–H and O–H groups in total. The summed E-state index contributed by atoms with van der Waals surface area (Å²) in [6.07, 6.45) is 0. The molecule has 0 atom stereocenters. The van der Waals surface area contributed by atoms with Gasteiger partial charge >= 0.3 is 0 Å². The highest BCUT2D eigenvalue weighted by molar-refractivity contribution is 6.30. The molecule has 2 aromatic carbocycles. The topological polar surface area (TPSA) is 86.5 Å². The summed E-state index contributed by atoms with van der Waals surface area (Å²) in [4.78, 5) is 16.5. The summed E-state index contributed by atoms with van der Waals surface area (Å²) in [5.41, 5.74) is 1.16. The molecule has 3 aromatic rings. The number of carbonyl (C=O) groups excluding carboxylic acids is 1. The predicted octanol–water partition coefficient (Wildman–Crippen LogP) is 3.34. The van der Waals surface area contributed by atoms with Gasteiger partial charge in [-0.3, -0.25) is 4.79 Å². The van der Waals surface area contributed by atoms with Gasteiger partial charge in [-0.05, 0) is 30.3 Å². The number of amides is 1. The van der Waals surface area contributed by atoms with E-state index in [4.69, 9.17) is 25.6 Å². The smallest absolute Gasteiger partial charge is 0.251 e. The maximum atomic E-state index is 12.3. The van der Waals surface area contributed by atoms with Gasteiger partial charge in [0.1, 0.15) is 0 Å². The second-order valence-corrected chi connectivity index (χ2v) is 5.71. The van der Waals surface area contributed by atoms with Crippen molar-refractivity contribution in [1.29, 1.82) is 0 Å². The molecule has 3 rings (SSSR count). The summed E-state index contributed by atoms with van der Waals surface area (Å²) < 4.78 is 15.5. The fraction of sp³-hybridized carbons (Fsp3) is 0.167. The molecule has 0 fully saturated rings. The highest BCUT2D eigenvalue weighted by Crippen LogP contribution is 2.27. The fourth-order valence-electron chi connectivity index (χ4n) is 2.31. The number of ether oxygens (including phenoxy) is 2. The average Bonchev–Trinajstić information content (AvgIpc) is 3.14. The molecular formula is C18H16ClN3O4. The van der Waals surface area contributed by atoms with Gasteiger partial charge in [0.2, 0.25) is 11.7 Å². The Balaban J connectivity index is 1.67. The molecule has 0 radical (unpaired) electrons. The average molecular weight is 374 g/mol. The lowest BCUT2D eigenvalue weighted by Crippen LogP contribution is -2.23. The zero-order chi connectivity index (χ0) is 18.5. The highest BCUT2D eigenvalue weighted by atomic mass is 35.5. The molecule has 26 heavy (non-hydrogen) atoms. The highest BCUT2D eigenvalue weighted by Gasteiger charge is 2.13. The summed E-state index contributed by atoms with van der Waals surface area (Å²) in [5, 5.41) is 7.20. The van der Waals surface area contributed by atoms with Crippen LogP contribution in [0.5, 0.6) is 11.5 Å². The molecular weight excluding hydrogens is 358 g/mol. The van der Waals surface area contributed by atoms with Crippen LogP contribution in [-0.2, 0) is 6.54 Å². The van der Waals surface area contributed by atoms with Gasteiger partial charge < -0.3 is 19.3 Å². The number of hydrogen-bond donors (Lipinski definition) is 1. The zero-order valence-corrected chi connectivity index (χ0v) is 14.9. The van der Waals surface area contributed by atoms with Gasteiger partial charge in [-0.1, -0.05) is 28.9 Å². The second-order valence-electron chi connectivity index (χ2n) is 5.27. The minimum Gasteiger partial charge on any atom is -0.493 e. The van der Waals surface area contributed by atoms with Gasteiger partial charge in [0.15, 0.2) is 11.5 Å². The Labute approximate surface area is 154 Å². The molecule has 0 aliphatic rings. The monoisotopic (exact) mass is 373 g/mol. The van der Waals surface area contributed by atoms with Crippen LogP contribution in [0.1, 0.15) is 16.2 Å². The lowest BCUT2D eigenvalue weighted by atomic mass is 10.2. The summed E-state index contributed by atoms with van der Waals surface area (Å²) in [5.74, 6) is 1.42. The van der Waals surface area contributed by atoms with Crippen molar-refractivity contribution in [1.82, 2.24) is 15.5 Å². The van der Waals surface area contributed by atoms with E-state index >= 15 is 0 Å². The normalized spacial score (nSPS) is 10.4. The third kappa shape index (κ3) is 3.94. The van der Waals surface area contributed by atoms with E-state index < -0.39 is 0 Å². The molecule has 1 amide bonds. The van der Waals surface area contributed by atoms with Crippen LogP contribution in [0.2, 0.25) is 5.02 Å². The van der Waals surface area contributed by atoms with Crippen molar-refractivity contribution >= 4 is 17.5 Å². The van der Waals surface area contributed by atoms with Crippen molar-refractivity contribution in [2.75, 3.05) is 14.2 Å². The lowest BCUT2D eigenvalue weighted by molar-refractivity contribution is 0.0946. The van der Waals surface area contributed by atoms with Gasteiger partial charge in [-0.2, -0.15) is 4.98 Å². The molecule has 8 heteroatoms. The molecule has 1 aromatic heterocycles. The Morgan fingerprint density at radius 1 is 1.15 bits per heavy atom. The molecule has 0 unspecified atom stereocenters. The van der Waals surface area contributed by atoms with Crippen molar-refractivity contribution in [2.24, 2.45) is 0 Å². The first-order valence-corrected chi connectivity index (χ1v) is 8.07. The van der Waals surface area contributed by atoms with Gasteiger partial charge in [0, 0.05) is 16.1 Å². The number of nitrogens with zero attached hydrogens (tertiary/aromatic N) is 2. The van der Waals surface area contributed by atoms with Crippen molar-refractivity contribution in [2.45, 2.75) is 6.54 Å². The molecule has 134 valence electrons. The second kappa shape index (κ2) is 7.88. The Morgan fingerprint density at radius 2 is 1.96 bits per heavy atom. The minimum atomic E-state index is -0.298. The minimum absolute atomic E-state index is 0.0980. The van der Waals surface area contributed by atoms with Gasteiger partial charge in [0.05, 0.1) is 20.8 Å². The molecule has 0 spiro atoms. The van der Waals surface area contributed by atoms with Crippen LogP contribution in [0.15, 0.2) is 47.0 Å². The van der Waals surface area contributed by atoms with Crippen LogP contribution in [-0.4, -0.2) is 30.3 Å². The summed E-state index contributed by atoms with van der Waals surface area (Å²) in [6.45, 7) is 0.0980. The van der Waals surface area contributed by atoms with Crippen molar-refractivity contribution < 1.29 is 18.8 Å². The summed E-state index contributed by atoms with van der Waals surface area (Å²) in [7, 11) is 3.04. The van der Waals surface area contributed by atoms with Gasteiger partial charge in [0.25, 0.3) is 5.91 Å². The first kappa shape index (κ1) is 17.8. The van der Waals surface area contributed by atoms with E-state index in [1.807, 2.05) is 6.07 Å². The number of halogens is 1. The molecule has 0 aliphatic heterocycles.